The standard InChI is InChI=1S/C34H54N10O10/c1-6-17(2)26(32(52)40-20(5)33(53)54)44-31(51)23(15-21-11-8-7-9-12-21)42-30(50)24(16-25(45)46)43-29(49)22(13-10-14-38-34(36)37)41-28(48)19(4)39-27(47)18(3)35/h7-9,11-12,17-20,22-24,26H,6,10,13-16,35H2,1-5H3,(H,39,47)(H,40,52)(H,41,48)(H,42,50)(H,43,49)(H,44,51)(H,45,46)(H,53,54)(H4,36,37,38)/t17-,18-,19-,20-,22-,23-,24-,26-/m0/s1. The Labute approximate surface area is 313 Å². The number of carbonyl (C=O) groups is 8. The summed E-state index contributed by atoms with van der Waals surface area (Å²) in [4.78, 5) is 102. The van der Waals surface area contributed by atoms with E-state index >= 15 is 0 Å². The lowest BCUT2D eigenvalue weighted by atomic mass is 9.96. The smallest absolute Gasteiger partial charge is 0.325 e. The molecule has 0 saturated heterocycles. The molecule has 1 aromatic carbocycles. The van der Waals surface area contributed by atoms with Gasteiger partial charge in [-0.1, -0.05) is 50.6 Å². The Bertz CT molecular complexity index is 1490. The molecule has 0 unspecified atom stereocenters. The van der Waals surface area contributed by atoms with Gasteiger partial charge in [0.1, 0.15) is 36.3 Å². The number of guanidine groups is 1. The number of carboxylic acid groups (broad SMARTS) is 2. The van der Waals surface area contributed by atoms with Gasteiger partial charge in [0.05, 0.1) is 12.5 Å². The van der Waals surface area contributed by atoms with Gasteiger partial charge in [-0.05, 0) is 45.1 Å². The van der Waals surface area contributed by atoms with Crippen molar-refractivity contribution in [2.45, 2.75) is 109 Å². The zero-order chi connectivity index (χ0) is 41.1. The zero-order valence-electron chi connectivity index (χ0n) is 31.1. The van der Waals surface area contributed by atoms with Crippen LogP contribution in [0.4, 0.5) is 0 Å². The van der Waals surface area contributed by atoms with E-state index in [0.717, 1.165) is 0 Å². The van der Waals surface area contributed by atoms with Gasteiger partial charge in [0, 0.05) is 13.0 Å². The molecule has 0 aliphatic rings. The molecule has 0 aliphatic heterocycles. The van der Waals surface area contributed by atoms with Gasteiger partial charge in [-0.3, -0.25) is 43.8 Å². The van der Waals surface area contributed by atoms with Gasteiger partial charge in [0.25, 0.3) is 0 Å². The first-order valence-corrected chi connectivity index (χ1v) is 17.4. The summed E-state index contributed by atoms with van der Waals surface area (Å²) in [6.45, 7) is 7.55. The van der Waals surface area contributed by atoms with Crippen LogP contribution in [-0.4, -0.2) is 112 Å². The summed E-state index contributed by atoms with van der Waals surface area (Å²) < 4.78 is 0. The van der Waals surface area contributed by atoms with Crippen LogP contribution in [0.3, 0.4) is 0 Å². The first-order valence-electron chi connectivity index (χ1n) is 17.4. The lowest BCUT2D eigenvalue weighted by Crippen LogP contribution is -2.60. The summed E-state index contributed by atoms with van der Waals surface area (Å²) in [5, 5.41) is 43.4. The molecule has 54 heavy (non-hydrogen) atoms. The van der Waals surface area contributed by atoms with Crippen molar-refractivity contribution >= 4 is 53.3 Å². The van der Waals surface area contributed by atoms with Gasteiger partial charge in [-0.15, -0.1) is 0 Å². The van der Waals surface area contributed by atoms with E-state index in [2.05, 4.69) is 37.2 Å². The summed E-state index contributed by atoms with van der Waals surface area (Å²) in [5.41, 5.74) is 11.4. The molecule has 0 fully saturated rings. The van der Waals surface area contributed by atoms with Gasteiger partial charge < -0.3 is 58.9 Å². The van der Waals surface area contributed by atoms with Crippen molar-refractivity contribution in [2.24, 2.45) is 17.4 Å². The topological polar surface area (TPSA) is 337 Å². The number of amides is 6. The maximum atomic E-state index is 13.8. The Hall–Kier alpha value is -5.79. The van der Waals surface area contributed by atoms with Crippen molar-refractivity contribution in [1.82, 2.24) is 37.2 Å². The molecule has 0 radical (unpaired) electrons. The Balaban J connectivity index is 3.39. The highest BCUT2D eigenvalue weighted by Gasteiger charge is 2.34. The molecule has 8 atom stereocenters. The van der Waals surface area contributed by atoms with Gasteiger partial charge >= 0.3 is 11.9 Å². The van der Waals surface area contributed by atoms with Crippen molar-refractivity contribution < 1.29 is 48.6 Å². The molecule has 20 nitrogen and oxygen atoms in total. The number of nitrogens with one attached hydrogen (secondary N) is 8. The summed E-state index contributed by atoms with van der Waals surface area (Å²) in [5.74, 6) is -8.69. The molecular weight excluding hydrogens is 708 g/mol. The highest BCUT2D eigenvalue weighted by molar-refractivity contribution is 5.98. The van der Waals surface area contributed by atoms with Crippen molar-refractivity contribution in [3.8, 4) is 0 Å². The number of nitrogens with two attached hydrogens (primary N) is 2. The fraction of sp³-hybridized carbons (Fsp3) is 0.559. The fourth-order valence-corrected chi connectivity index (χ4v) is 4.81. The average Bonchev–Trinajstić information content (AvgIpc) is 3.10. The van der Waals surface area contributed by atoms with Crippen LogP contribution in [-0.2, 0) is 44.8 Å². The molecule has 1 aromatic rings. The number of rotatable bonds is 23. The van der Waals surface area contributed by atoms with Gasteiger partial charge in [0.15, 0.2) is 5.96 Å². The average molecular weight is 763 g/mol. The molecular formula is C34H54N10O10. The van der Waals surface area contributed by atoms with Crippen LogP contribution in [0.2, 0.25) is 0 Å². The largest absolute Gasteiger partial charge is 0.481 e. The van der Waals surface area contributed by atoms with Crippen molar-refractivity contribution in [3.05, 3.63) is 35.9 Å². The Morgan fingerprint density at radius 2 is 1.24 bits per heavy atom. The minimum Gasteiger partial charge on any atom is -0.481 e. The lowest BCUT2D eigenvalue weighted by molar-refractivity contribution is -0.142. The number of aliphatic carboxylic acids is 2. The predicted molar refractivity (Wildman–Crippen MR) is 195 cm³/mol. The summed E-state index contributed by atoms with van der Waals surface area (Å²) in [6.07, 6.45) is -0.563. The third kappa shape index (κ3) is 16.7. The number of benzene rings is 1. The summed E-state index contributed by atoms with van der Waals surface area (Å²) in [7, 11) is 0. The first-order chi connectivity index (χ1) is 25.3. The van der Waals surface area contributed by atoms with Crippen LogP contribution in [0.15, 0.2) is 30.3 Å². The fourth-order valence-electron chi connectivity index (χ4n) is 4.81. The minimum absolute atomic E-state index is 0.0776. The Morgan fingerprint density at radius 1 is 0.704 bits per heavy atom. The first kappa shape index (κ1) is 46.2. The van der Waals surface area contributed by atoms with E-state index in [1.807, 2.05) is 0 Å². The molecule has 0 bridgehead atoms. The van der Waals surface area contributed by atoms with Gasteiger partial charge in [-0.25, -0.2) is 0 Å². The zero-order valence-corrected chi connectivity index (χ0v) is 31.1. The summed E-state index contributed by atoms with van der Waals surface area (Å²) in [6, 6.07) is -0.660. The molecule has 0 aromatic heterocycles. The number of hydrogen-bond donors (Lipinski definition) is 12. The van der Waals surface area contributed by atoms with E-state index in [-0.39, 0.29) is 31.8 Å². The predicted octanol–water partition coefficient (Wildman–Crippen LogP) is -2.61. The van der Waals surface area contributed by atoms with E-state index in [4.69, 9.17) is 16.9 Å². The molecule has 300 valence electrons. The van der Waals surface area contributed by atoms with Crippen LogP contribution in [0.25, 0.3) is 0 Å². The van der Waals surface area contributed by atoms with Crippen molar-refractivity contribution in [2.75, 3.05) is 6.54 Å². The molecule has 14 N–H and O–H groups in total. The molecule has 1 rings (SSSR count). The molecule has 0 saturated carbocycles. The van der Waals surface area contributed by atoms with Crippen LogP contribution >= 0.6 is 0 Å². The lowest BCUT2D eigenvalue weighted by Gasteiger charge is -2.28. The Morgan fingerprint density at radius 3 is 1.78 bits per heavy atom. The second kappa shape index (κ2) is 23.0. The van der Waals surface area contributed by atoms with E-state index in [9.17, 15) is 48.6 Å². The van der Waals surface area contributed by atoms with Crippen molar-refractivity contribution in [3.63, 3.8) is 0 Å². The molecule has 20 heteroatoms. The maximum absolute atomic E-state index is 13.8. The quantitative estimate of drug-likeness (QED) is 0.0309. The number of hydrogen-bond acceptors (Lipinski definition) is 10. The van der Waals surface area contributed by atoms with E-state index in [1.165, 1.54) is 20.8 Å². The second-order valence-electron chi connectivity index (χ2n) is 12.9. The van der Waals surface area contributed by atoms with Gasteiger partial charge in [0.2, 0.25) is 35.4 Å². The van der Waals surface area contributed by atoms with Crippen LogP contribution in [0.5, 0.6) is 0 Å². The van der Waals surface area contributed by atoms with E-state index in [1.54, 1.807) is 44.2 Å². The maximum Gasteiger partial charge on any atom is 0.325 e. The highest BCUT2D eigenvalue weighted by atomic mass is 16.4. The molecule has 6 amide bonds. The molecule has 0 aliphatic carbocycles. The number of carbonyl (C=O) groups excluding carboxylic acids is 6. The molecule has 0 heterocycles. The van der Waals surface area contributed by atoms with Crippen molar-refractivity contribution in [1.29, 1.82) is 5.41 Å². The SMILES string of the molecule is CC[C@H](C)[C@H](NC(=O)[C@H](Cc1ccccc1)NC(=O)[C@H](CC(=O)O)NC(=O)[C@H](CCCNC(=N)N)NC(=O)[C@H](C)NC(=O)[C@H](C)N)C(=O)N[C@@H](C)C(=O)O. The van der Waals surface area contributed by atoms with Crippen LogP contribution < -0.4 is 48.7 Å². The monoisotopic (exact) mass is 762 g/mol. The highest BCUT2D eigenvalue weighted by Crippen LogP contribution is 2.11. The van der Waals surface area contributed by atoms with Gasteiger partial charge in [-0.2, -0.15) is 0 Å². The molecule has 0 spiro atoms. The van der Waals surface area contributed by atoms with E-state index < -0.39 is 102 Å². The normalized spacial score (nSPS) is 15.2. The van der Waals surface area contributed by atoms with Crippen LogP contribution in [0.1, 0.15) is 65.9 Å². The second-order valence-corrected chi connectivity index (χ2v) is 12.9. The Kier molecular flexibility index (Phi) is 19.7. The summed E-state index contributed by atoms with van der Waals surface area (Å²) >= 11 is 0. The third-order valence-corrected chi connectivity index (χ3v) is 8.23. The third-order valence-electron chi connectivity index (χ3n) is 8.23. The number of carboxylic acids is 2. The van der Waals surface area contributed by atoms with Crippen LogP contribution in [0, 0.1) is 11.3 Å². The minimum atomic E-state index is -1.77. The van der Waals surface area contributed by atoms with E-state index in [0.29, 0.717) is 12.0 Å².